The molecule has 0 atom stereocenters. The van der Waals surface area contributed by atoms with Crippen molar-refractivity contribution in [1.82, 2.24) is 0 Å². The lowest BCUT2D eigenvalue weighted by Gasteiger charge is -2.41. The number of nitrogens with two attached hydrogens (primary N) is 1. The third kappa shape index (κ3) is 1.66. The normalized spacial score (nSPS) is 18.2. The molecule has 3 heteroatoms. The molecule has 0 spiro atoms. The third-order valence-electron chi connectivity index (χ3n) is 3.67. The van der Waals surface area contributed by atoms with Crippen molar-refractivity contribution in [2.45, 2.75) is 18.3 Å². The van der Waals surface area contributed by atoms with Crippen molar-refractivity contribution in [3.8, 4) is 0 Å². The molecule has 1 fully saturated rings. The van der Waals surface area contributed by atoms with Gasteiger partial charge in [-0.2, -0.15) is 0 Å². The van der Waals surface area contributed by atoms with Crippen molar-refractivity contribution in [2.75, 3.05) is 19.8 Å². The highest BCUT2D eigenvalue weighted by molar-refractivity contribution is 5.82. The molecular weight excluding hydrogens is 214 g/mol. The molecule has 0 unspecified atom stereocenters. The highest BCUT2D eigenvalue weighted by Crippen LogP contribution is 2.41. The molecule has 1 aliphatic rings. The Labute approximate surface area is 101 Å². The van der Waals surface area contributed by atoms with Crippen molar-refractivity contribution < 1.29 is 9.15 Å². The SMILES string of the molecule is NCCCC1(c2coc3ccccc23)COC1. The maximum absolute atomic E-state index is 5.62. The average molecular weight is 231 g/mol. The summed E-state index contributed by atoms with van der Waals surface area (Å²) >= 11 is 0. The maximum atomic E-state index is 5.62. The van der Waals surface area contributed by atoms with Crippen LogP contribution in [0.2, 0.25) is 0 Å². The highest BCUT2D eigenvalue weighted by atomic mass is 16.5. The van der Waals surface area contributed by atoms with Gasteiger partial charge in [-0.25, -0.2) is 0 Å². The van der Waals surface area contributed by atoms with Crippen LogP contribution in [0.15, 0.2) is 34.9 Å². The van der Waals surface area contributed by atoms with Crippen LogP contribution in [-0.4, -0.2) is 19.8 Å². The fraction of sp³-hybridized carbons (Fsp3) is 0.429. The molecule has 2 aromatic rings. The standard InChI is InChI=1S/C14H17NO2/c15-7-3-6-14(9-16-10-14)12-8-17-13-5-2-1-4-11(12)13/h1-2,4-5,8H,3,6-7,9-10,15H2. The summed E-state index contributed by atoms with van der Waals surface area (Å²) in [6.45, 7) is 2.31. The predicted octanol–water partition coefficient (Wildman–Crippen LogP) is 2.44. The number of ether oxygens (including phenoxy) is 1. The summed E-state index contributed by atoms with van der Waals surface area (Å²) in [5, 5.41) is 1.22. The first-order chi connectivity index (χ1) is 8.36. The van der Waals surface area contributed by atoms with Gasteiger partial charge in [-0.15, -0.1) is 0 Å². The van der Waals surface area contributed by atoms with Crippen LogP contribution in [0.5, 0.6) is 0 Å². The van der Waals surface area contributed by atoms with E-state index in [1.807, 2.05) is 18.4 Å². The Balaban J connectivity index is 2.01. The Kier molecular flexibility index (Phi) is 2.65. The van der Waals surface area contributed by atoms with E-state index >= 15 is 0 Å². The van der Waals surface area contributed by atoms with E-state index in [0.29, 0.717) is 0 Å². The third-order valence-corrected chi connectivity index (χ3v) is 3.67. The molecule has 0 radical (unpaired) electrons. The molecular formula is C14H17NO2. The number of para-hydroxylation sites is 1. The molecule has 1 aromatic heterocycles. The Bertz CT molecular complexity index is 514. The van der Waals surface area contributed by atoms with Crippen LogP contribution in [0.3, 0.4) is 0 Å². The van der Waals surface area contributed by atoms with Crippen LogP contribution < -0.4 is 5.73 Å². The Morgan fingerprint density at radius 3 is 2.76 bits per heavy atom. The van der Waals surface area contributed by atoms with Gasteiger partial charge in [-0.05, 0) is 25.5 Å². The maximum Gasteiger partial charge on any atom is 0.134 e. The van der Waals surface area contributed by atoms with E-state index < -0.39 is 0 Å². The van der Waals surface area contributed by atoms with Gasteiger partial charge in [0.25, 0.3) is 0 Å². The van der Waals surface area contributed by atoms with E-state index in [9.17, 15) is 0 Å². The molecule has 0 amide bonds. The molecule has 0 saturated carbocycles. The van der Waals surface area contributed by atoms with E-state index in [1.54, 1.807) is 0 Å². The minimum absolute atomic E-state index is 0.131. The second-order valence-electron chi connectivity index (χ2n) is 4.81. The van der Waals surface area contributed by atoms with Gasteiger partial charge >= 0.3 is 0 Å². The fourth-order valence-corrected chi connectivity index (χ4v) is 2.61. The zero-order valence-electron chi connectivity index (χ0n) is 9.82. The lowest BCUT2D eigenvalue weighted by atomic mass is 9.75. The van der Waals surface area contributed by atoms with E-state index in [0.717, 1.165) is 38.2 Å². The van der Waals surface area contributed by atoms with E-state index in [1.165, 1.54) is 10.9 Å². The molecule has 2 N–H and O–H groups in total. The zero-order valence-corrected chi connectivity index (χ0v) is 9.82. The molecule has 1 aromatic carbocycles. The number of benzene rings is 1. The van der Waals surface area contributed by atoms with Gasteiger partial charge in [0.15, 0.2) is 0 Å². The van der Waals surface area contributed by atoms with Gasteiger partial charge in [-0.1, -0.05) is 18.2 Å². The summed E-state index contributed by atoms with van der Waals surface area (Å²) in [7, 11) is 0. The van der Waals surface area contributed by atoms with Gasteiger partial charge in [0.1, 0.15) is 5.58 Å². The second kappa shape index (κ2) is 4.17. The molecule has 0 aliphatic carbocycles. The van der Waals surface area contributed by atoms with Crippen LogP contribution in [0, 0.1) is 0 Å². The number of hydrogen-bond acceptors (Lipinski definition) is 3. The molecule has 0 bridgehead atoms. The summed E-state index contributed by atoms with van der Waals surface area (Å²) in [6, 6.07) is 8.18. The Hall–Kier alpha value is -1.32. The minimum Gasteiger partial charge on any atom is -0.464 e. The lowest BCUT2D eigenvalue weighted by molar-refractivity contribution is -0.0645. The van der Waals surface area contributed by atoms with Crippen LogP contribution in [0.1, 0.15) is 18.4 Å². The summed E-state index contributed by atoms with van der Waals surface area (Å²) < 4.78 is 11.0. The van der Waals surface area contributed by atoms with E-state index in [4.69, 9.17) is 14.9 Å². The largest absolute Gasteiger partial charge is 0.464 e. The summed E-state index contributed by atoms with van der Waals surface area (Å²) in [5.41, 5.74) is 7.99. The fourth-order valence-electron chi connectivity index (χ4n) is 2.61. The van der Waals surface area contributed by atoms with Crippen LogP contribution in [0.25, 0.3) is 11.0 Å². The molecule has 3 nitrogen and oxygen atoms in total. The Morgan fingerprint density at radius 1 is 1.24 bits per heavy atom. The zero-order chi connectivity index (χ0) is 11.7. The predicted molar refractivity (Wildman–Crippen MR) is 67.0 cm³/mol. The second-order valence-corrected chi connectivity index (χ2v) is 4.81. The molecule has 3 rings (SSSR count). The molecule has 1 saturated heterocycles. The molecule has 2 heterocycles. The topological polar surface area (TPSA) is 48.4 Å². The summed E-state index contributed by atoms with van der Waals surface area (Å²) in [5.74, 6) is 0. The smallest absolute Gasteiger partial charge is 0.134 e. The highest BCUT2D eigenvalue weighted by Gasteiger charge is 2.41. The molecule has 17 heavy (non-hydrogen) atoms. The lowest BCUT2D eigenvalue weighted by Crippen LogP contribution is -2.46. The van der Waals surface area contributed by atoms with Crippen LogP contribution >= 0.6 is 0 Å². The van der Waals surface area contributed by atoms with Gasteiger partial charge in [0.2, 0.25) is 0 Å². The first-order valence-electron chi connectivity index (χ1n) is 6.10. The minimum atomic E-state index is 0.131. The van der Waals surface area contributed by atoms with E-state index in [-0.39, 0.29) is 5.41 Å². The van der Waals surface area contributed by atoms with Crippen LogP contribution in [0.4, 0.5) is 0 Å². The Morgan fingerprint density at radius 2 is 2.06 bits per heavy atom. The number of hydrogen-bond donors (Lipinski definition) is 1. The summed E-state index contributed by atoms with van der Waals surface area (Å²) in [4.78, 5) is 0. The van der Waals surface area contributed by atoms with Crippen molar-refractivity contribution in [3.63, 3.8) is 0 Å². The quantitative estimate of drug-likeness (QED) is 0.879. The van der Waals surface area contributed by atoms with Crippen molar-refractivity contribution in [3.05, 3.63) is 36.1 Å². The van der Waals surface area contributed by atoms with Gasteiger partial charge < -0.3 is 14.9 Å². The number of furan rings is 1. The van der Waals surface area contributed by atoms with Crippen LogP contribution in [-0.2, 0) is 10.2 Å². The van der Waals surface area contributed by atoms with Gasteiger partial charge in [-0.3, -0.25) is 0 Å². The van der Waals surface area contributed by atoms with E-state index in [2.05, 4.69) is 12.1 Å². The first-order valence-corrected chi connectivity index (χ1v) is 6.10. The van der Waals surface area contributed by atoms with Crippen molar-refractivity contribution in [1.29, 1.82) is 0 Å². The summed E-state index contributed by atoms with van der Waals surface area (Å²) in [6.07, 6.45) is 4.00. The molecule has 90 valence electrons. The first kappa shape index (κ1) is 10.8. The monoisotopic (exact) mass is 231 g/mol. The van der Waals surface area contributed by atoms with Crippen molar-refractivity contribution in [2.24, 2.45) is 5.73 Å². The average Bonchev–Trinajstić information content (AvgIpc) is 2.73. The number of fused-ring (bicyclic) bond motifs is 1. The van der Waals surface area contributed by atoms with Gasteiger partial charge in [0, 0.05) is 16.4 Å². The number of rotatable bonds is 4. The molecule has 1 aliphatic heterocycles. The van der Waals surface area contributed by atoms with Gasteiger partial charge in [0.05, 0.1) is 19.5 Å². The van der Waals surface area contributed by atoms with Crippen molar-refractivity contribution >= 4 is 11.0 Å².